The van der Waals surface area contributed by atoms with Gasteiger partial charge in [0.1, 0.15) is 0 Å². The minimum atomic E-state index is 0.0512. The molecule has 1 aliphatic carbocycles. The molecular formula is C20H22BrNOS. The smallest absolute Gasteiger partial charge is 0.230 e. The molecule has 0 aromatic heterocycles. The highest BCUT2D eigenvalue weighted by Gasteiger charge is 2.14. The van der Waals surface area contributed by atoms with Crippen LogP contribution in [-0.4, -0.2) is 11.7 Å². The Balaban J connectivity index is 1.55. The van der Waals surface area contributed by atoms with Gasteiger partial charge in [0.05, 0.1) is 11.8 Å². The molecule has 1 unspecified atom stereocenters. The van der Waals surface area contributed by atoms with Crippen molar-refractivity contribution in [3.8, 4) is 0 Å². The number of fused-ring (bicyclic) bond motifs is 1. The Hall–Kier alpha value is -1.26. The fraction of sp³-hybridized carbons (Fsp3) is 0.350. The molecule has 126 valence electrons. The van der Waals surface area contributed by atoms with E-state index in [1.54, 1.807) is 11.8 Å². The highest BCUT2D eigenvalue weighted by molar-refractivity contribution is 9.10. The standard InChI is InChI=1S/C20H22BrNOS/c1-14(16-7-6-15-4-2-3-5-17(15)12-16)22-20(23)13-24-19-10-8-18(21)9-11-19/h6-12,14H,2-5,13H2,1H3,(H,22,23). The molecule has 0 radical (unpaired) electrons. The van der Waals surface area contributed by atoms with E-state index in [2.05, 4.69) is 46.4 Å². The lowest BCUT2D eigenvalue weighted by Crippen LogP contribution is -2.28. The van der Waals surface area contributed by atoms with Crippen molar-refractivity contribution in [3.63, 3.8) is 0 Å². The molecule has 4 heteroatoms. The third kappa shape index (κ3) is 4.64. The molecule has 0 saturated carbocycles. The van der Waals surface area contributed by atoms with Gasteiger partial charge in [-0.3, -0.25) is 4.79 Å². The van der Waals surface area contributed by atoms with Crippen molar-refractivity contribution in [2.24, 2.45) is 0 Å². The van der Waals surface area contributed by atoms with E-state index < -0.39 is 0 Å². The number of thioether (sulfide) groups is 1. The molecule has 3 rings (SSSR count). The summed E-state index contributed by atoms with van der Waals surface area (Å²) < 4.78 is 1.05. The molecule has 2 aromatic rings. The molecule has 1 atom stereocenters. The van der Waals surface area contributed by atoms with Crippen LogP contribution in [0.2, 0.25) is 0 Å². The second-order valence-corrected chi connectivity index (χ2v) is 8.23. The van der Waals surface area contributed by atoms with Crippen LogP contribution in [0.15, 0.2) is 51.8 Å². The Kier molecular flexibility index (Phi) is 6.01. The summed E-state index contributed by atoms with van der Waals surface area (Å²) in [5.74, 6) is 0.518. The summed E-state index contributed by atoms with van der Waals surface area (Å²) in [7, 11) is 0. The van der Waals surface area contributed by atoms with Crippen LogP contribution in [0.5, 0.6) is 0 Å². The van der Waals surface area contributed by atoms with Crippen LogP contribution < -0.4 is 5.32 Å². The molecule has 0 heterocycles. The summed E-state index contributed by atoms with van der Waals surface area (Å²) in [6.45, 7) is 2.06. The van der Waals surface area contributed by atoms with Gasteiger partial charge in [-0.15, -0.1) is 11.8 Å². The highest BCUT2D eigenvalue weighted by Crippen LogP contribution is 2.25. The lowest BCUT2D eigenvalue weighted by atomic mass is 9.89. The van der Waals surface area contributed by atoms with Gasteiger partial charge in [-0.1, -0.05) is 34.1 Å². The Bertz CT molecular complexity index is 714. The number of carbonyl (C=O) groups excluding carboxylic acids is 1. The average Bonchev–Trinajstić information content (AvgIpc) is 2.61. The van der Waals surface area contributed by atoms with Gasteiger partial charge in [0, 0.05) is 9.37 Å². The van der Waals surface area contributed by atoms with Gasteiger partial charge in [-0.25, -0.2) is 0 Å². The van der Waals surface area contributed by atoms with Crippen molar-refractivity contribution < 1.29 is 4.79 Å². The summed E-state index contributed by atoms with van der Waals surface area (Å²) in [6.07, 6.45) is 4.94. The third-order valence-electron chi connectivity index (χ3n) is 4.43. The zero-order valence-corrected chi connectivity index (χ0v) is 16.3. The quantitative estimate of drug-likeness (QED) is 0.686. The second kappa shape index (κ2) is 8.21. The fourth-order valence-electron chi connectivity index (χ4n) is 3.07. The maximum Gasteiger partial charge on any atom is 0.230 e. The summed E-state index contributed by atoms with van der Waals surface area (Å²) in [4.78, 5) is 13.3. The fourth-order valence-corrected chi connectivity index (χ4v) is 4.04. The number of hydrogen-bond donors (Lipinski definition) is 1. The Labute approximate surface area is 156 Å². The molecule has 0 aliphatic heterocycles. The molecule has 0 spiro atoms. The highest BCUT2D eigenvalue weighted by atomic mass is 79.9. The lowest BCUT2D eigenvalue weighted by Gasteiger charge is -2.20. The molecule has 2 aromatic carbocycles. The molecule has 1 N–H and O–H groups in total. The van der Waals surface area contributed by atoms with E-state index in [-0.39, 0.29) is 11.9 Å². The number of carbonyl (C=O) groups is 1. The predicted molar refractivity (Wildman–Crippen MR) is 105 cm³/mol. The van der Waals surface area contributed by atoms with Gasteiger partial charge in [-0.05, 0) is 73.6 Å². The zero-order valence-electron chi connectivity index (χ0n) is 13.8. The van der Waals surface area contributed by atoms with Gasteiger partial charge in [-0.2, -0.15) is 0 Å². The van der Waals surface area contributed by atoms with Crippen molar-refractivity contribution in [2.45, 2.75) is 43.5 Å². The Morgan fingerprint density at radius 2 is 1.83 bits per heavy atom. The number of halogens is 1. The van der Waals surface area contributed by atoms with Crippen LogP contribution >= 0.6 is 27.7 Å². The number of nitrogens with one attached hydrogen (secondary N) is 1. The van der Waals surface area contributed by atoms with Gasteiger partial charge >= 0.3 is 0 Å². The van der Waals surface area contributed by atoms with Gasteiger partial charge in [0.25, 0.3) is 0 Å². The monoisotopic (exact) mass is 403 g/mol. The largest absolute Gasteiger partial charge is 0.349 e. The SMILES string of the molecule is CC(NC(=O)CSc1ccc(Br)cc1)c1ccc2c(c1)CCCC2. The van der Waals surface area contributed by atoms with Crippen LogP contribution in [0.1, 0.15) is 42.5 Å². The van der Waals surface area contributed by atoms with Gasteiger partial charge < -0.3 is 5.32 Å². The molecule has 2 nitrogen and oxygen atoms in total. The number of rotatable bonds is 5. The van der Waals surface area contributed by atoms with E-state index in [0.29, 0.717) is 5.75 Å². The van der Waals surface area contributed by atoms with Crippen molar-refractivity contribution in [1.29, 1.82) is 0 Å². The van der Waals surface area contributed by atoms with Crippen LogP contribution in [0.4, 0.5) is 0 Å². The minimum absolute atomic E-state index is 0.0512. The number of benzene rings is 2. The Morgan fingerprint density at radius 3 is 2.58 bits per heavy atom. The van der Waals surface area contributed by atoms with E-state index in [1.807, 2.05) is 24.3 Å². The molecule has 0 saturated heterocycles. The lowest BCUT2D eigenvalue weighted by molar-refractivity contribution is -0.119. The summed E-state index contributed by atoms with van der Waals surface area (Å²) in [5.41, 5.74) is 4.15. The maximum atomic E-state index is 12.2. The number of amides is 1. The third-order valence-corrected chi connectivity index (χ3v) is 5.97. The topological polar surface area (TPSA) is 29.1 Å². The molecule has 1 amide bonds. The van der Waals surface area contributed by atoms with Gasteiger partial charge in [0.2, 0.25) is 5.91 Å². The van der Waals surface area contributed by atoms with Crippen molar-refractivity contribution in [1.82, 2.24) is 5.32 Å². The predicted octanol–water partition coefficient (Wildman–Crippen LogP) is 5.30. The maximum absolute atomic E-state index is 12.2. The molecule has 1 aliphatic rings. The first-order valence-corrected chi connectivity index (χ1v) is 10.2. The molecule has 0 bridgehead atoms. The summed E-state index contributed by atoms with van der Waals surface area (Å²) in [6, 6.07) is 14.8. The summed E-state index contributed by atoms with van der Waals surface area (Å²) in [5, 5.41) is 3.12. The first kappa shape index (κ1) is 17.6. The first-order valence-electron chi connectivity index (χ1n) is 8.41. The van der Waals surface area contributed by atoms with Crippen molar-refractivity contribution in [3.05, 3.63) is 63.6 Å². The van der Waals surface area contributed by atoms with Crippen LogP contribution in [0, 0.1) is 0 Å². The molecule has 0 fully saturated rings. The van der Waals surface area contributed by atoms with Crippen molar-refractivity contribution in [2.75, 3.05) is 5.75 Å². The summed E-state index contributed by atoms with van der Waals surface area (Å²) >= 11 is 4.99. The molecule has 24 heavy (non-hydrogen) atoms. The number of aryl methyl sites for hydroxylation is 2. The molecular weight excluding hydrogens is 382 g/mol. The second-order valence-electron chi connectivity index (χ2n) is 6.27. The van der Waals surface area contributed by atoms with Crippen LogP contribution in [0.25, 0.3) is 0 Å². The first-order chi connectivity index (χ1) is 11.6. The van der Waals surface area contributed by atoms with Gasteiger partial charge in [0.15, 0.2) is 0 Å². The Morgan fingerprint density at radius 1 is 1.12 bits per heavy atom. The van der Waals surface area contributed by atoms with Crippen LogP contribution in [-0.2, 0) is 17.6 Å². The zero-order chi connectivity index (χ0) is 16.9. The number of hydrogen-bond acceptors (Lipinski definition) is 2. The van der Waals surface area contributed by atoms with E-state index in [4.69, 9.17) is 0 Å². The average molecular weight is 404 g/mol. The normalized spacial score (nSPS) is 14.8. The van der Waals surface area contributed by atoms with E-state index in [9.17, 15) is 4.79 Å². The van der Waals surface area contributed by atoms with Crippen molar-refractivity contribution >= 4 is 33.6 Å². The minimum Gasteiger partial charge on any atom is -0.349 e. The van der Waals surface area contributed by atoms with Crippen LogP contribution in [0.3, 0.4) is 0 Å². The van der Waals surface area contributed by atoms with E-state index in [1.165, 1.54) is 42.4 Å². The van der Waals surface area contributed by atoms with E-state index >= 15 is 0 Å². The van der Waals surface area contributed by atoms with E-state index in [0.717, 1.165) is 9.37 Å².